The molecule has 0 bridgehead atoms. The van der Waals surface area contributed by atoms with E-state index < -0.39 is 0 Å². The van der Waals surface area contributed by atoms with Gasteiger partial charge < -0.3 is 8.98 Å². The number of hydrogen-bond donors (Lipinski definition) is 0. The number of hydrogen-bond acceptors (Lipinski definition) is 4. The SMILES string of the molecule is N#Cc1ccc2c(c1)c1ccccc1n2-c1ccc2c(c1)-c1cc(-c3ccc4oc5ccccc5c4c3)ccc1OO2. The number of nitrogens with zero attached hydrogens (tertiary/aromatic N) is 2. The summed E-state index contributed by atoms with van der Waals surface area (Å²) >= 11 is 0. The standard InChI is InChI=1S/C37H20N2O3/c38-21-22-9-13-33-28(17-22)26-5-1-3-7-32(26)39(33)25-12-16-37-31(20-25)30-19-24(11-15-36(30)41-42-37)23-10-14-35-29(18-23)27-6-2-4-8-34(27)40-35/h1-20H. The van der Waals surface area contributed by atoms with Crippen molar-refractivity contribution in [1.82, 2.24) is 4.57 Å². The van der Waals surface area contributed by atoms with Crippen LogP contribution in [0.4, 0.5) is 0 Å². The zero-order valence-corrected chi connectivity index (χ0v) is 22.2. The average Bonchev–Trinajstić information content (AvgIpc) is 3.59. The van der Waals surface area contributed by atoms with Crippen molar-refractivity contribution in [3.63, 3.8) is 0 Å². The third-order valence-corrected chi connectivity index (χ3v) is 8.22. The van der Waals surface area contributed by atoms with Crippen LogP contribution < -0.4 is 9.78 Å². The lowest BCUT2D eigenvalue weighted by molar-refractivity contribution is -0.102. The maximum Gasteiger partial charge on any atom is 0.186 e. The summed E-state index contributed by atoms with van der Waals surface area (Å²) in [4.78, 5) is 11.4. The van der Waals surface area contributed by atoms with E-state index in [1.807, 2.05) is 72.8 Å². The number of rotatable bonds is 2. The third kappa shape index (κ3) is 3.24. The highest BCUT2D eigenvalue weighted by atomic mass is 17.2. The summed E-state index contributed by atoms with van der Waals surface area (Å²) in [6.07, 6.45) is 0. The minimum Gasteiger partial charge on any atom is -0.456 e. The van der Waals surface area contributed by atoms with E-state index in [1.54, 1.807) is 0 Å². The van der Waals surface area contributed by atoms with Crippen molar-refractivity contribution in [2.45, 2.75) is 0 Å². The predicted molar refractivity (Wildman–Crippen MR) is 165 cm³/mol. The van der Waals surface area contributed by atoms with Crippen LogP contribution in [-0.2, 0) is 0 Å². The Morgan fingerprint density at radius 3 is 2.10 bits per heavy atom. The first-order valence-electron chi connectivity index (χ1n) is 13.7. The predicted octanol–water partition coefficient (Wildman–Crippen LogP) is 9.57. The Kier molecular flexibility index (Phi) is 4.61. The average molecular weight is 541 g/mol. The fourth-order valence-corrected chi connectivity index (χ4v) is 6.25. The molecular formula is C37H20N2O3. The number of nitriles is 1. The van der Waals surface area contributed by atoms with Crippen LogP contribution in [0.3, 0.4) is 0 Å². The largest absolute Gasteiger partial charge is 0.456 e. The number of benzene rings is 6. The molecule has 6 aromatic carbocycles. The van der Waals surface area contributed by atoms with Gasteiger partial charge in [0, 0.05) is 38.4 Å². The smallest absolute Gasteiger partial charge is 0.186 e. The molecule has 0 fully saturated rings. The van der Waals surface area contributed by atoms with Crippen molar-refractivity contribution in [3.8, 4) is 45.5 Å². The molecular weight excluding hydrogens is 520 g/mol. The molecule has 0 saturated carbocycles. The second kappa shape index (κ2) is 8.50. The quantitative estimate of drug-likeness (QED) is 0.205. The lowest BCUT2D eigenvalue weighted by atomic mass is 9.96. The van der Waals surface area contributed by atoms with Crippen LogP contribution in [0.1, 0.15) is 5.56 Å². The van der Waals surface area contributed by atoms with Crippen LogP contribution in [0.25, 0.3) is 71.7 Å². The molecule has 0 spiro atoms. The Balaban J connectivity index is 1.22. The molecule has 1 aliphatic heterocycles. The summed E-state index contributed by atoms with van der Waals surface area (Å²) in [5, 5.41) is 13.9. The van der Waals surface area contributed by atoms with Gasteiger partial charge in [0.1, 0.15) is 11.2 Å². The summed E-state index contributed by atoms with van der Waals surface area (Å²) in [5.74, 6) is 1.33. The topological polar surface area (TPSA) is 60.3 Å². The third-order valence-electron chi connectivity index (χ3n) is 8.22. The van der Waals surface area contributed by atoms with Gasteiger partial charge in [0.25, 0.3) is 0 Å². The van der Waals surface area contributed by atoms with Crippen molar-refractivity contribution in [2.75, 3.05) is 0 Å². The highest BCUT2D eigenvalue weighted by Crippen LogP contribution is 2.45. The summed E-state index contributed by atoms with van der Waals surface area (Å²) in [7, 11) is 0. The van der Waals surface area contributed by atoms with Gasteiger partial charge in [0.15, 0.2) is 11.5 Å². The second-order valence-electron chi connectivity index (χ2n) is 10.6. The van der Waals surface area contributed by atoms with Crippen molar-refractivity contribution in [1.29, 1.82) is 5.26 Å². The van der Waals surface area contributed by atoms with Gasteiger partial charge in [-0.05, 0) is 83.9 Å². The molecule has 1 aliphatic rings. The van der Waals surface area contributed by atoms with Crippen LogP contribution in [0, 0.1) is 11.3 Å². The first-order chi connectivity index (χ1) is 20.7. The maximum absolute atomic E-state index is 9.52. The molecule has 0 atom stereocenters. The molecule has 0 unspecified atom stereocenters. The molecule has 196 valence electrons. The van der Waals surface area contributed by atoms with Gasteiger partial charge in [-0.25, -0.2) is 0 Å². The van der Waals surface area contributed by atoms with E-state index in [2.05, 4.69) is 59.2 Å². The van der Waals surface area contributed by atoms with Gasteiger partial charge in [-0.3, -0.25) is 9.78 Å². The molecule has 8 aromatic rings. The molecule has 2 aromatic heterocycles. The van der Waals surface area contributed by atoms with Crippen LogP contribution in [-0.4, -0.2) is 4.57 Å². The van der Waals surface area contributed by atoms with E-state index >= 15 is 0 Å². The normalized spacial score (nSPS) is 12.2. The number of para-hydroxylation sites is 2. The minimum absolute atomic E-state index is 0.643. The van der Waals surface area contributed by atoms with Crippen molar-refractivity contribution < 1.29 is 14.2 Å². The lowest BCUT2D eigenvalue weighted by Gasteiger charge is -2.21. The van der Waals surface area contributed by atoms with Crippen molar-refractivity contribution in [3.05, 3.63) is 127 Å². The fourth-order valence-electron chi connectivity index (χ4n) is 6.25. The Bertz CT molecular complexity index is 2440. The van der Waals surface area contributed by atoms with E-state index in [1.165, 1.54) is 0 Å². The van der Waals surface area contributed by atoms with Gasteiger partial charge >= 0.3 is 0 Å². The fraction of sp³-hybridized carbons (Fsp3) is 0. The highest BCUT2D eigenvalue weighted by molar-refractivity contribution is 6.10. The molecule has 0 radical (unpaired) electrons. The Morgan fingerprint density at radius 1 is 0.524 bits per heavy atom. The first kappa shape index (κ1) is 22.8. The number of aromatic nitrogens is 1. The molecule has 0 amide bonds. The molecule has 0 N–H and O–H groups in total. The van der Waals surface area contributed by atoms with Gasteiger partial charge in [-0.15, -0.1) is 0 Å². The lowest BCUT2D eigenvalue weighted by Crippen LogP contribution is -2.08. The van der Waals surface area contributed by atoms with Crippen LogP contribution >= 0.6 is 0 Å². The number of fused-ring (bicyclic) bond motifs is 9. The van der Waals surface area contributed by atoms with E-state index in [-0.39, 0.29) is 0 Å². The summed E-state index contributed by atoms with van der Waals surface area (Å²) in [5.41, 5.74) is 9.59. The highest BCUT2D eigenvalue weighted by Gasteiger charge is 2.23. The van der Waals surface area contributed by atoms with Crippen molar-refractivity contribution in [2.24, 2.45) is 0 Å². The maximum atomic E-state index is 9.52. The Labute approximate surface area is 239 Å². The van der Waals surface area contributed by atoms with Gasteiger partial charge in [0.2, 0.25) is 0 Å². The van der Waals surface area contributed by atoms with E-state index in [0.717, 1.165) is 71.7 Å². The summed E-state index contributed by atoms with van der Waals surface area (Å²) < 4.78 is 8.29. The summed E-state index contributed by atoms with van der Waals surface area (Å²) in [6, 6.07) is 43.2. The van der Waals surface area contributed by atoms with Gasteiger partial charge in [-0.1, -0.05) is 48.5 Å². The van der Waals surface area contributed by atoms with Crippen LogP contribution in [0.5, 0.6) is 11.5 Å². The van der Waals surface area contributed by atoms with Gasteiger partial charge in [0.05, 0.1) is 22.7 Å². The zero-order valence-electron chi connectivity index (χ0n) is 22.2. The molecule has 0 aliphatic carbocycles. The molecule has 42 heavy (non-hydrogen) atoms. The van der Waals surface area contributed by atoms with Crippen molar-refractivity contribution >= 4 is 43.7 Å². The van der Waals surface area contributed by atoms with E-state index in [9.17, 15) is 5.26 Å². The van der Waals surface area contributed by atoms with E-state index in [0.29, 0.717) is 17.1 Å². The molecule has 9 rings (SSSR count). The Hall–Kier alpha value is -5.99. The summed E-state index contributed by atoms with van der Waals surface area (Å²) in [6.45, 7) is 0. The number of furan rings is 1. The molecule has 5 heteroatoms. The monoisotopic (exact) mass is 540 g/mol. The Morgan fingerprint density at radius 2 is 1.21 bits per heavy atom. The zero-order chi connectivity index (χ0) is 27.8. The molecule has 0 saturated heterocycles. The second-order valence-corrected chi connectivity index (χ2v) is 10.6. The molecule has 3 heterocycles. The minimum atomic E-state index is 0.643. The van der Waals surface area contributed by atoms with Crippen LogP contribution in [0.2, 0.25) is 0 Å². The van der Waals surface area contributed by atoms with E-state index in [4.69, 9.17) is 14.2 Å². The first-order valence-corrected chi connectivity index (χ1v) is 13.7. The molecule has 5 nitrogen and oxygen atoms in total. The van der Waals surface area contributed by atoms with Gasteiger partial charge in [-0.2, -0.15) is 5.26 Å². The van der Waals surface area contributed by atoms with Crippen LogP contribution in [0.15, 0.2) is 126 Å².